The number of rotatable bonds is 3. The number of likely N-dealkylation sites (tertiary alicyclic amines) is 1. The summed E-state index contributed by atoms with van der Waals surface area (Å²) in [4.78, 5) is 13.7. The van der Waals surface area contributed by atoms with Crippen LogP contribution in [0.15, 0.2) is 0 Å². The van der Waals surface area contributed by atoms with Crippen LogP contribution in [0.4, 0.5) is 0 Å². The van der Waals surface area contributed by atoms with Crippen molar-refractivity contribution in [2.45, 2.75) is 49.3 Å². The minimum Gasteiger partial charge on any atom is -0.329 e. The van der Waals surface area contributed by atoms with E-state index in [2.05, 4.69) is 0 Å². The molecule has 1 saturated heterocycles. The summed E-state index contributed by atoms with van der Waals surface area (Å²) in [6, 6.07) is 0. The van der Waals surface area contributed by atoms with Crippen LogP contribution in [0.2, 0.25) is 0 Å². The first-order valence-electron chi connectivity index (χ1n) is 6.81. The van der Waals surface area contributed by atoms with Gasteiger partial charge in [0.1, 0.15) is 6.54 Å². The molecule has 2 rings (SSSR count). The number of ketones is 1. The normalized spacial score (nSPS) is 35.8. The third kappa shape index (κ3) is 3.84. The maximum Gasteiger partial charge on any atom is 0.189 e. The van der Waals surface area contributed by atoms with Crippen molar-refractivity contribution in [3.8, 4) is 0 Å². The van der Waals surface area contributed by atoms with Gasteiger partial charge in [0.25, 0.3) is 0 Å². The second-order valence-electron chi connectivity index (χ2n) is 5.50. The lowest BCUT2D eigenvalue weighted by atomic mass is 9.85. The molecule has 1 saturated carbocycles. The van der Waals surface area contributed by atoms with Crippen molar-refractivity contribution in [2.24, 2.45) is 5.92 Å². The molecule has 3 atom stereocenters. The van der Waals surface area contributed by atoms with Crippen molar-refractivity contribution in [2.75, 3.05) is 19.6 Å². The molecule has 0 spiro atoms. The number of hydrogen-bond donors (Lipinski definition) is 1. The number of carbonyl (C=O) groups is 1. The summed E-state index contributed by atoms with van der Waals surface area (Å²) in [5, 5.41) is 0.0405. The fraction of sp³-hybridized carbons (Fsp3) is 0.923. The molecule has 1 N–H and O–H groups in total. The first kappa shape index (κ1) is 13.6. The summed E-state index contributed by atoms with van der Waals surface area (Å²) in [7, 11) is 0. The number of piperidine rings is 1. The molecule has 0 amide bonds. The van der Waals surface area contributed by atoms with Crippen LogP contribution in [0, 0.1) is 5.92 Å². The Balaban J connectivity index is 1.79. The van der Waals surface area contributed by atoms with Crippen molar-refractivity contribution in [1.29, 1.82) is 0 Å². The third-order valence-electron chi connectivity index (χ3n) is 4.13. The van der Waals surface area contributed by atoms with Crippen molar-refractivity contribution in [3.05, 3.63) is 0 Å². The predicted octanol–water partition coefficient (Wildman–Crippen LogP) is 1.64. The van der Waals surface area contributed by atoms with Crippen LogP contribution in [0.1, 0.15) is 38.5 Å². The molecule has 98 valence electrons. The van der Waals surface area contributed by atoms with Gasteiger partial charge in [-0.25, -0.2) is 0 Å². The molecular weight excluding hydrogens is 257 g/mol. The van der Waals surface area contributed by atoms with Gasteiger partial charge in [0.15, 0.2) is 5.78 Å². The van der Waals surface area contributed by atoms with E-state index in [4.69, 9.17) is 23.2 Å². The average Bonchev–Trinajstić information content (AvgIpc) is 2.34. The van der Waals surface area contributed by atoms with Crippen LogP contribution < -0.4 is 4.90 Å². The van der Waals surface area contributed by atoms with Crippen LogP contribution in [0.25, 0.3) is 0 Å². The summed E-state index contributed by atoms with van der Waals surface area (Å²) in [6.07, 6.45) is 6.48. The maximum atomic E-state index is 12.2. The average molecular weight is 279 g/mol. The Kier molecular flexibility index (Phi) is 5.13. The van der Waals surface area contributed by atoms with Gasteiger partial charge >= 0.3 is 0 Å². The quantitative estimate of drug-likeness (QED) is 0.779. The van der Waals surface area contributed by atoms with Gasteiger partial charge in [0.05, 0.1) is 18.5 Å². The standard InChI is InChI=1S/C13H21Cl2NO/c14-11-5-4-10(8-12(11)15)13(17)9-16-6-2-1-3-7-16/h10-12H,1-9H2/p+1. The molecule has 2 nitrogen and oxygen atoms in total. The van der Waals surface area contributed by atoms with E-state index in [9.17, 15) is 4.79 Å². The van der Waals surface area contributed by atoms with Crippen molar-refractivity contribution < 1.29 is 9.69 Å². The SMILES string of the molecule is O=C(C[NH+]1CCCCC1)C1CCC(Cl)C(Cl)C1. The predicted molar refractivity (Wildman–Crippen MR) is 71.0 cm³/mol. The molecular formula is C13H22Cl2NO+. The minimum absolute atomic E-state index is 0.0178. The summed E-state index contributed by atoms with van der Waals surface area (Å²) in [5.41, 5.74) is 0. The van der Waals surface area contributed by atoms with Gasteiger partial charge in [-0.15, -0.1) is 23.2 Å². The van der Waals surface area contributed by atoms with Gasteiger partial charge in [-0.3, -0.25) is 4.79 Å². The van der Waals surface area contributed by atoms with Gasteiger partial charge in [0.2, 0.25) is 0 Å². The number of Topliss-reactive ketones (excluding diaryl/α,β-unsaturated/α-hetero) is 1. The van der Waals surface area contributed by atoms with Crippen LogP contribution in [0.5, 0.6) is 0 Å². The number of hydrogen-bond acceptors (Lipinski definition) is 1. The Bertz CT molecular complexity index is 266. The van der Waals surface area contributed by atoms with E-state index in [-0.39, 0.29) is 16.7 Å². The molecule has 1 heterocycles. The molecule has 2 aliphatic rings. The van der Waals surface area contributed by atoms with Gasteiger partial charge in [-0.2, -0.15) is 0 Å². The lowest BCUT2D eigenvalue weighted by Crippen LogP contribution is -3.13. The van der Waals surface area contributed by atoms with E-state index in [0.717, 1.165) is 19.3 Å². The number of carbonyl (C=O) groups excluding carboxylic acids is 1. The minimum atomic E-state index is -0.0178. The summed E-state index contributed by atoms with van der Waals surface area (Å²) in [5.74, 6) is 0.582. The lowest BCUT2D eigenvalue weighted by molar-refractivity contribution is -0.896. The highest BCUT2D eigenvalue weighted by Crippen LogP contribution is 2.31. The molecule has 3 unspecified atom stereocenters. The van der Waals surface area contributed by atoms with Gasteiger partial charge < -0.3 is 4.90 Å². The Morgan fingerprint density at radius 3 is 2.41 bits per heavy atom. The number of halogens is 2. The number of nitrogens with one attached hydrogen (secondary N) is 1. The Morgan fingerprint density at radius 1 is 1.06 bits per heavy atom. The zero-order chi connectivity index (χ0) is 12.3. The van der Waals surface area contributed by atoms with E-state index >= 15 is 0 Å². The molecule has 0 aromatic rings. The maximum absolute atomic E-state index is 12.2. The molecule has 1 aliphatic carbocycles. The van der Waals surface area contributed by atoms with Crippen LogP contribution >= 0.6 is 23.2 Å². The third-order valence-corrected chi connectivity index (χ3v) is 5.27. The lowest BCUT2D eigenvalue weighted by Gasteiger charge is -2.30. The Labute approximate surface area is 114 Å². The first-order chi connectivity index (χ1) is 8.16. The highest BCUT2D eigenvalue weighted by molar-refractivity contribution is 6.30. The smallest absolute Gasteiger partial charge is 0.189 e. The van der Waals surface area contributed by atoms with E-state index in [1.165, 1.54) is 37.3 Å². The van der Waals surface area contributed by atoms with Crippen molar-refractivity contribution in [3.63, 3.8) is 0 Å². The molecule has 17 heavy (non-hydrogen) atoms. The second kappa shape index (κ2) is 6.40. The molecule has 0 aromatic heterocycles. The van der Waals surface area contributed by atoms with Crippen molar-refractivity contribution in [1.82, 2.24) is 0 Å². The van der Waals surface area contributed by atoms with E-state index in [0.29, 0.717) is 12.3 Å². The number of quaternary nitrogens is 1. The Hall–Kier alpha value is 0.210. The molecule has 4 heteroatoms. The van der Waals surface area contributed by atoms with Gasteiger partial charge in [-0.1, -0.05) is 0 Å². The summed E-state index contributed by atoms with van der Waals surface area (Å²) >= 11 is 12.2. The zero-order valence-electron chi connectivity index (χ0n) is 10.3. The highest BCUT2D eigenvalue weighted by atomic mass is 35.5. The second-order valence-corrected chi connectivity index (χ2v) is 6.62. The fourth-order valence-corrected chi connectivity index (χ4v) is 3.56. The molecule has 0 aromatic carbocycles. The van der Waals surface area contributed by atoms with Crippen LogP contribution in [-0.2, 0) is 4.79 Å². The topological polar surface area (TPSA) is 21.5 Å². The first-order valence-corrected chi connectivity index (χ1v) is 7.68. The van der Waals surface area contributed by atoms with Gasteiger partial charge in [-0.05, 0) is 38.5 Å². The monoisotopic (exact) mass is 278 g/mol. The number of alkyl halides is 2. The fourth-order valence-electron chi connectivity index (χ4n) is 2.99. The van der Waals surface area contributed by atoms with Crippen LogP contribution in [-0.4, -0.2) is 36.2 Å². The van der Waals surface area contributed by atoms with Crippen LogP contribution in [0.3, 0.4) is 0 Å². The summed E-state index contributed by atoms with van der Waals surface area (Å²) < 4.78 is 0. The van der Waals surface area contributed by atoms with Crippen molar-refractivity contribution >= 4 is 29.0 Å². The van der Waals surface area contributed by atoms with E-state index in [1.54, 1.807) is 0 Å². The largest absolute Gasteiger partial charge is 0.329 e. The molecule has 0 bridgehead atoms. The summed E-state index contributed by atoms with van der Waals surface area (Å²) in [6.45, 7) is 3.04. The van der Waals surface area contributed by atoms with E-state index < -0.39 is 0 Å². The van der Waals surface area contributed by atoms with E-state index in [1.807, 2.05) is 0 Å². The zero-order valence-corrected chi connectivity index (χ0v) is 11.8. The Morgan fingerprint density at radius 2 is 1.76 bits per heavy atom. The van der Waals surface area contributed by atoms with Gasteiger partial charge in [0, 0.05) is 11.3 Å². The molecule has 0 radical (unpaired) electrons. The molecule has 2 fully saturated rings. The highest BCUT2D eigenvalue weighted by Gasteiger charge is 2.33. The molecule has 1 aliphatic heterocycles.